The molecule has 0 spiro atoms. The van der Waals surface area contributed by atoms with Gasteiger partial charge in [0.2, 0.25) is 9.05 Å². The summed E-state index contributed by atoms with van der Waals surface area (Å²) in [6.07, 6.45) is 10.7. The second-order valence-electron chi connectivity index (χ2n) is 5.06. The van der Waals surface area contributed by atoms with Crippen molar-refractivity contribution in [3.63, 3.8) is 0 Å². The molecule has 0 unspecified atom stereocenters. The summed E-state index contributed by atoms with van der Waals surface area (Å²) >= 11 is 0. The number of aliphatic hydroxyl groups is 1. The molecule has 0 saturated heterocycles. The van der Waals surface area contributed by atoms with Crippen LogP contribution >= 0.6 is 10.7 Å². The Kier molecular flexibility index (Phi) is 17.9. The molecule has 0 aliphatic rings. The first-order valence-electron chi connectivity index (χ1n) is 7.92. The number of halogens is 1. The Morgan fingerprint density at radius 2 is 1.33 bits per heavy atom. The maximum atomic E-state index is 11.2. The van der Waals surface area contributed by atoms with Gasteiger partial charge in [-0.3, -0.25) is 4.79 Å². The summed E-state index contributed by atoms with van der Waals surface area (Å²) in [5, 5.41) is 8.55. The summed E-state index contributed by atoms with van der Waals surface area (Å²) in [5.41, 5.74) is 0. The first kappa shape index (κ1) is 23.1. The Balaban J connectivity index is 0. The topological polar surface area (TPSA) is 71.4 Å². The van der Waals surface area contributed by atoms with Gasteiger partial charge in [0.05, 0.1) is 5.75 Å². The molecule has 0 bridgehead atoms. The van der Waals surface area contributed by atoms with Gasteiger partial charge in [-0.25, -0.2) is 8.42 Å². The fourth-order valence-corrected chi connectivity index (χ4v) is 1.68. The van der Waals surface area contributed by atoms with E-state index in [9.17, 15) is 13.2 Å². The predicted molar refractivity (Wildman–Crippen MR) is 89.3 cm³/mol. The zero-order chi connectivity index (χ0) is 16.6. The Morgan fingerprint density at radius 1 is 0.905 bits per heavy atom. The van der Waals surface area contributed by atoms with Crippen molar-refractivity contribution in [2.45, 2.75) is 78.1 Å². The predicted octanol–water partition coefficient (Wildman–Crippen LogP) is 4.04. The third-order valence-corrected chi connectivity index (χ3v) is 4.36. The Hall–Kier alpha value is -0.130. The van der Waals surface area contributed by atoms with E-state index < -0.39 is 9.05 Å². The SMILES string of the molecule is CCCCCCCCCC(=O)CCCO.CCS(=O)(=O)Cl. The number of unbranched alkanes of at least 4 members (excludes halogenated alkanes) is 6. The van der Waals surface area contributed by atoms with Crippen molar-refractivity contribution in [1.29, 1.82) is 0 Å². The van der Waals surface area contributed by atoms with Crippen molar-refractivity contribution >= 4 is 25.5 Å². The number of hydrogen-bond donors (Lipinski definition) is 1. The molecule has 0 saturated carbocycles. The molecule has 0 aliphatic heterocycles. The van der Waals surface area contributed by atoms with Crippen LogP contribution in [-0.2, 0) is 13.8 Å². The molecule has 1 N–H and O–H groups in total. The Bertz CT molecular complexity index is 329. The van der Waals surface area contributed by atoms with Gasteiger partial charge in [0.25, 0.3) is 0 Å². The highest BCUT2D eigenvalue weighted by molar-refractivity contribution is 8.13. The Labute approximate surface area is 134 Å². The summed E-state index contributed by atoms with van der Waals surface area (Å²) in [5.74, 6) is 0.326. The summed E-state index contributed by atoms with van der Waals surface area (Å²) < 4.78 is 19.5. The molecule has 0 amide bonds. The van der Waals surface area contributed by atoms with Gasteiger partial charge in [-0.2, -0.15) is 0 Å². The van der Waals surface area contributed by atoms with Crippen LogP contribution < -0.4 is 0 Å². The first-order chi connectivity index (χ1) is 9.87. The normalized spacial score (nSPS) is 10.9. The van der Waals surface area contributed by atoms with Crippen LogP contribution in [0.2, 0.25) is 0 Å². The third kappa shape index (κ3) is 25.2. The van der Waals surface area contributed by atoms with E-state index >= 15 is 0 Å². The molecule has 0 atom stereocenters. The highest BCUT2D eigenvalue weighted by atomic mass is 35.7. The highest BCUT2D eigenvalue weighted by Crippen LogP contribution is 2.09. The monoisotopic (exact) mass is 342 g/mol. The van der Waals surface area contributed by atoms with E-state index in [0.29, 0.717) is 25.0 Å². The lowest BCUT2D eigenvalue weighted by Gasteiger charge is -2.01. The largest absolute Gasteiger partial charge is 0.396 e. The van der Waals surface area contributed by atoms with E-state index in [1.165, 1.54) is 45.4 Å². The molecule has 0 fully saturated rings. The van der Waals surface area contributed by atoms with Crippen molar-refractivity contribution in [2.75, 3.05) is 12.4 Å². The van der Waals surface area contributed by atoms with E-state index in [0.717, 1.165) is 6.42 Å². The molecule has 0 aromatic rings. The fraction of sp³-hybridized carbons (Fsp3) is 0.933. The number of hydrogen-bond acceptors (Lipinski definition) is 4. The average Bonchev–Trinajstić information content (AvgIpc) is 2.44. The number of carbonyl (C=O) groups is 1. The van der Waals surface area contributed by atoms with Gasteiger partial charge < -0.3 is 5.11 Å². The lowest BCUT2D eigenvalue weighted by Crippen LogP contribution is -1.99. The van der Waals surface area contributed by atoms with Gasteiger partial charge in [-0.05, 0) is 12.8 Å². The van der Waals surface area contributed by atoms with Gasteiger partial charge in [0, 0.05) is 30.1 Å². The number of rotatable bonds is 12. The van der Waals surface area contributed by atoms with E-state index in [2.05, 4.69) is 17.6 Å². The molecule has 0 aromatic carbocycles. The van der Waals surface area contributed by atoms with Crippen LogP contribution in [0.25, 0.3) is 0 Å². The van der Waals surface area contributed by atoms with Crippen molar-refractivity contribution in [1.82, 2.24) is 0 Å². The van der Waals surface area contributed by atoms with E-state index in [4.69, 9.17) is 5.11 Å². The second kappa shape index (κ2) is 16.2. The number of aliphatic hydroxyl groups excluding tert-OH is 1. The minimum absolute atomic E-state index is 0.00849. The van der Waals surface area contributed by atoms with Crippen LogP contribution in [0.3, 0.4) is 0 Å². The minimum atomic E-state index is -3.19. The third-order valence-electron chi connectivity index (χ3n) is 3.02. The van der Waals surface area contributed by atoms with Crippen LogP contribution in [0.4, 0.5) is 0 Å². The molecule has 0 heterocycles. The summed E-state index contributed by atoms with van der Waals surface area (Å²) in [7, 11) is 1.50. The zero-order valence-corrected chi connectivity index (χ0v) is 15.0. The molecule has 128 valence electrons. The zero-order valence-electron chi connectivity index (χ0n) is 13.4. The second-order valence-corrected chi connectivity index (χ2v) is 8.13. The summed E-state index contributed by atoms with van der Waals surface area (Å²) in [4.78, 5) is 11.2. The summed E-state index contributed by atoms with van der Waals surface area (Å²) in [6.45, 7) is 3.85. The number of carbonyl (C=O) groups excluding carboxylic acids is 1. The molecule has 21 heavy (non-hydrogen) atoms. The molecule has 0 rings (SSSR count). The van der Waals surface area contributed by atoms with Crippen molar-refractivity contribution in [3.05, 3.63) is 0 Å². The van der Waals surface area contributed by atoms with Crippen LogP contribution in [0.5, 0.6) is 0 Å². The van der Waals surface area contributed by atoms with Crippen molar-refractivity contribution in [3.8, 4) is 0 Å². The van der Waals surface area contributed by atoms with Gasteiger partial charge in [0.1, 0.15) is 5.78 Å². The number of Topliss-reactive ketones (excluding diaryl/α,β-unsaturated/α-hetero) is 1. The maximum absolute atomic E-state index is 11.2. The molecule has 6 heteroatoms. The minimum Gasteiger partial charge on any atom is -0.396 e. The van der Waals surface area contributed by atoms with Crippen LogP contribution in [0, 0.1) is 0 Å². The van der Waals surface area contributed by atoms with Crippen LogP contribution in [0.15, 0.2) is 0 Å². The highest BCUT2D eigenvalue weighted by Gasteiger charge is 2.00. The molecule has 0 aliphatic carbocycles. The van der Waals surface area contributed by atoms with Gasteiger partial charge in [-0.15, -0.1) is 0 Å². The van der Waals surface area contributed by atoms with Gasteiger partial charge in [-0.1, -0.05) is 52.4 Å². The molecular weight excluding hydrogens is 312 g/mol. The van der Waals surface area contributed by atoms with Gasteiger partial charge in [0.15, 0.2) is 0 Å². The Morgan fingerprint density at radius 3 is 1.76 bits per heavy atom. The maximum Gasteiger partial charge on any atom is 0.232 e. The smallest absolute Gasteiger partial charge is 0.232 e. The lowest BCUT2D eigenvalue weighted by atomic mass is 10.1. The lowest BCUT2D eigenvalue weighted by molar-refractivity contribution is -0.119. The van der Waals surface area contributed by atoms with E-state index in [1.807, 2.05) is 0 Å². The standard InChI is InChI=1S/C13H26O2.C2H5ClO2S/c1-2-3-4-5-6-7-8-10-13(15)11-9-12-14;1-2-6(3,4)5/h14H,2-12H2,1H3;2H2,1H3. The fourth-order valence-electron chi connectivity index (χ4n) is 1.68. The van der Waals surface area contributed by atoms with E-state index in [-0.39, 0.29) is 12.4 Å². The quantitative estimate of drug-likeness (QED) is 0.429. The van der Waals surface area contributed by atoms with Crippen molar-refractivity contribution < 1.29 is 18.3 Å². The van der Waals surface area contributed by atoms with E-state index in [1.54, 1.807) is 0 Å². The number of ketones is 1. The molecule has 4 nitrogen and oxygen atoms in total. The molecule has 0 radical (unpaired) electrons. The van der Waals surface area contributed by atoms with Gasteiger partial charge >= 0.3 is 0 Å². The first-order valence-corrected chi connectivity index (χ1v) is 10.4. The van der Waals surface area contributed by atoms with Crippen LogP contribution in [-0.4, -0.2) is 31.7 Å². The van der Waals surface area contributed by atoms with Crippen LogP contribution in [0.1, 0.15) is 78.1 Å². The summed E-state index contributed by atoms with van der Waals surface area (Å²) in [6, 6.07) is 0. The average molecular weight is 343 g/mol. The van der Waals surface area contributed by atoms with Crippen molar-refractivity contribution in [2.24, 2.45) is 0 Å². The molecule has 0 aromatic heterocycles. The molecular formula is C15H31ClO4S.